The second-order valence-corrected chi connectivity index (χ2v) is 5.35. The van der Waals surface area contributed by atoms with Gasteiger partial charge in [0.15, 0.2) is 0 Å². The van der Waals surface area contributed by atoms with Gasteiger partial charge in [-0.3, -0.25) is 9.59 Å². The topological polar surface area (TPSA) is 78.4 Å². The second-order valence-electron chi connectivity index (χ2n) is 5.35. The summed E-state index contributed by atoms with van der Waals surface area (Å²) in [5.74, 6) is -1.00. The molecule has 126 valence electrons. The van der Waals surface area contributed by atoms with E-state index in [1.807, 2.05) is 0 Å². The van der Waals surface area contributed by atoms with E-state index >= 15 is 0 Å². The first kappa shape index (κ1) is 17.6. The van der Waals surface area contributed by atoms with Gasteiger partial charge in [-0.25, -0.2) is 4.39 Å². The van der Waals surface area contributed by atoms with Crippen molar-refractivity contribution in [3.05, 3.63) is 71.0 Å². The lowest BCUT2D eigenvalue weighted by molar-refractivity contribution is -0.119. The van der Waals surface area contributed by atoms with Crippen LogP contribution in [0.2, 0.25) is 0 Å². The predicted molar refractivity (Wildman–Crippen MR) is 87.7 cm³/mol. The number of carbonyl (C=O) groups excluding carboxylic acids is 2. The van der Waals surface area contributed by atoms with Crippen molar-refractivity contribution in [1.82, 2.24) is 10.6 Å². The average molecular weight is 330 g/mol. The molecular weight excluding hydrogens is 311 g/mol. The fraction of sp³-hybridized carbons (Fsp3) is 0.222. The lowest BCUT2D eigenvalue weighted by atomic mass is 10.1. The maximum absolute atomic E-state index is 13.6. The van der Waals surface area contributed by atoms with E-state index < -0.39 is 11.9 Å². The molecule has 0 aromatic heterocycles. The maximum Gasteiger partial charge on any atom is 0.251 e. The van der Waals surface area contributed by atoms with Crippen LogP contribution < -0.4 is 10.6 Å². The normalized spacial score (nSPS) is 11.6. The van der Waals surface area contributed by atoms with Gasteiger partial charge >= 0.3 is 0 Å². The van der Waals surface area contributed by atoms with E-state index in [4.69, 9.17) is 0 Å². The van der Waals surface area contributed by atoms with Gasteiger partial charge in [0.25, 0.3) is 5.91 Å². The molecule has 5 nitrogen and oxygen atoms in total. The number of aliphatic hydroxyl groups is 1. The summed E-state index contributed by atoms with van der Waals surface area (Å²) in [6.45, 7) is 1.74. The van der Waals surface area contributed by atoms with Crippen molar-refractivity contribution >= 4 is 11.8 Å². The third-order valence-electron chi connectivity index (χ3n) is 3.48. The van der Waals surface area contributed by atoms with Gasteiger partial charge in [-0.15, -0.1) is 0 Å². The zero-order valence-corrected chi connectivity index (χ0v) is 13.3. The molecule has 1 unspecified atom stereocenters. The third kappa shape index (κ3) is 4.89. The Bertz CT molecular complexity index is 716. The Morgan fingerprint density at radius 3 is 2.38 bits per heavy atom. The van der Waals surface area contributed by atoms with Gasteiger partial charge < -0.3 is 15.7 Å². The summed E-state index contributed by atoms with van der Waals surface area (Å²) in [6.07, 6.45) is -1.12. The molecule has 0 radical (unpaired) electrons. The monoisotopic (exact) mass is 330 g/mol. The smallest absolute Gasteiger partial charge is 0.251 e. The second kappa shape index (κ2) is 8.21. The van der Waals surface area contributed by atoms with Crippen LogP contribution in [0, 0.1) is 5.82 Å². The molecule has 2 amide bonds. The Labute approximate surface area is 139 Å². The summed E-state index contributed by atoms with van der Waals surface area (Å²) in [5, 5.41) is 15.2. The van der Waals surface area contributed by atoms with Crippen molar-refractivity contribution in [2.45, 2.75) is 19.6 Å². The number of benzene rings is 2. The molecule has 0 saturated heterocycles. The number of carbonyl (C=O) groups is 2. The minimum atomic E-state index is -1.12. The van der Waals surface area contributed by atoms with Crippen LogP contribution in [-0.2, 0) is 11.3 Å². The molecule has 0 saturated carbocycles. The van der Waals surface area contributed by atoms with E-state index in [1.54, 1.807) is 30.3 Å². The Hall–Kier alpha value is -2.73. The van der Waals surface area contributed by atoms with Crippen molar-refractivity contribution in [2.75, 3.05) is 6.54 Å². The largest absolute Gasteiger partial charge is 0.386 e. The van der Waals surface area contributed by atoms with Gasteiger partial charge in [-0.1, -0.05) is 30.3 Å². The molecule has 1 atom stereocenters. The molecule has 0 aliphatic rings. The van der Waals surface area contributed by atoms with Crippen molar-refractivity contribution in [3.63, 3.8) is 0 Å². The third-order valence-corrected chi connectivity index (χ3v) is 3.48. The number of nitrogens with one attached hydrogen (secondary N) is 2. The predicted octanol–water partition coefficient (Wildman–Crippen LogP) is 1.93. The first-order valence-electron chi connectivity index (χ1n) is 7.51. The molecule has 0 heterocycles. The Morgan fingerprint density at radius 2 is 1.75 bits per heavy atom. The molecule has 6 heteroatoms. The Kier molecular flexibility index (Phi) is 6.03. The van der Waals surface area contributed by atoms with Gasteiger partial charge in [0, 0.05) is 31.1 Å². The van der Waals surface area contributed by atoms with E-state index in [1.165, 1.54) is 25.1 Å². The first-order chi connectivity index (χ1) is 11.5. The molecule has 0 fully saturated rings. The van der Waals surface area contributed by atoms with Crippen LogP contribution in [0.1, 0.15) is 34.5 Å². The molecule has 24 heavy (non-hydrogen) atoms. The average Bonchev–Trinajstić information content (AvgIpc) is 2.58. The standard InChI is InChI=1S/C18H19FN2O3/c1-12(22)20-10-13-6-8-14(9-7-13)18(24)21-11-17(23)15-4-2-3-5-16(15)19/h2-9,17,23H,10-11H2,1H3,(H,20,22)(H,21,24). The first-order valence-corrected chi connectivity index (χ1v) is 7.51. The highest BCUT2D eigenvalue weighted by molar-refractivity contribution is 5.94. The number of hydrogen-bond donors (Lipinski definition) is 3. The summed E-state index contributed by atoms with van der Waals surface area (Å²) in [7, 11) is 0. The fourth-order valence-corrected chi connectivity index (χ4v) is 2.15. The number of hydrogen-bond acceptors (Lipinski definition) is 3. The van der Waals surface area contributed by atoms with E-state index in [9.17, 15) is 19.1 Å². The number of amides is 2. The summed E-state index contributed by atoms with van der Waals surface area (Å²) in [5.41, 5.74) is 1.43. The van der Waals surface area contributed by atoms with Crippen LogP contribution >= 0.6 is 0 Å². The zero-order valence-electron chi connectivity index (χ0n) is 13.3. The van der Waals surface area contributed by atoms with E-state index in [2.05, 4.69) is 10.6 Å². The van der Waals surface area contributed by atoms with Crippen LogP contribution in [0.5, 0.6) is 0 Å². The minimum absolute atomic E-state index is 0.0899. The van der Waals surface area contributed by atoms with Gasteiger partial charge in [0.2, 0.25) is 5.91 Å². The highest BCUT2D eigenvalue weighted by Crippen LogP contribution is 2.15. The van der Waals surface area contributed by atoms with Crippen LogP contribution in [0.3, 0.4) is 0 Å². The van der Waals surface area contributed by atoms with Crippen LogP contribution in [0.15, 0.2) is 48.5 Å². The van der Waals surface area contributed by atoms with Gasteiger partial charge in [0.1, 0.15) is 5.82 Å². The van der Waals surface area contributed by atoms with E-state index in [0.29, 0.717) is 12.1 Å². The van der Waals surface area contributed by atoms with E-state index in [0.717, 1.165) is 5.56 Å². The molecule has 3 N–H and O–H groups in total. The number of rotatable bonds is 6. The van der Waals surface area contributed by atoms with Crippen molar-refractivity contribution < 1.29 is 19.1 Å². The van der Waals surface area contributed by atoms with Gasteiger partial charge in [-0.05, 0) is 23.8 Å². The Balaban J connectivity index is 1.90. The van der Waals surface area contributed by atoms with Crippen molar-refractivity contribution in [1.29, 1.82) is 0 Å². The quantitative estimate of drug-likeness (QED) is 0.757. The maximum atomic E-state index is 13.6. The van der Waals surface area contributed by atoms with Gasteiger partial charge in [-0.2, -0.15) is 0 Å². The highest BCUT2D eigenvalue weighted by Gasteiger charge is 2.14. The SMILES string of the molecule is CC(=O)NCc1ccc(C(=O)NCC(O)c2ccccc2F)cc1. The van der Waals surface area contributed by atoms with Crippen LogP contribution in [0.4, 0.5) is 4.39 Å². The molecule has 0 aliphatic heterocycles. The molecule has 2 aromatic carbocycles. The summed E-state index contributed by atoms with van der Waals surface area (Å²) in [4.78, 5) is 22.9. The molecule has 0 bridgehead atoms. The molecule has 0 aliphatic carbocycles. The van der Waals surface area contributed by atoms with Crippen LogP contribution in [0.25, 0.3) is 0 Å². The van der Waals surface area contributed by atoms with Crippen molar-refractivity contribution in [3.8, 4) is 0 Å². The summed E-state index contributed by atoms with van der Waals surface area (Å²) in [6, 6.07) is 12.6. The zero-order chi connectivity index (χ0) is 17.5. The van der Waals surface area contributed by atoms with E-state index in [-0.39, 0.29) is 23.9 Å². The van der Waals surface area contributed by atoms with Crippen molar-refractivity contribution in [2.24, 2.45) is 0 Å². The fourth-order valence-electron chi connectivity index (χ4n) is 2.15. The number of halogens is 1. The van der Waals surface area contributed by atoms with Crippen LogP contribution in [-0.4, -0.2) is 23.5 Å². The Morgan fingerprint density at radius 1 is 1.08 bits per heavy atom. The molecule has 0 spiro atoms. The summed E-state index contributed by atoms with van der Waals surface area (Å²) < 4.78 is 13.6. The molecular formula is C18H19FN2O3. The molecule has 2 rings (SSSR count). The lowest BCUT2D eigenvalue weighted by Gasteiger charge is -2.13. The molecule has 2 aromatic rings. The lowest BCUT2D eigenvalue weighted by Crippen LogP contribution is -2.28. The summed E-state index contributed by atoms with van der Waals surface area (Å²) >= 11 is 0. The number of aliphatic hydroxyl groups excluding tert-OH is 1. The highest BCUT2D eigenvalue weighted by atomic mass is 19.1. The van der Waals surface area contributed by atoms with Gasteiger partial charge in [0.05, 0.1) is 6.10 Å². The minimum Gasteiger partial charge on any atom is -0.386 e.